The first kappa shape index (κ1) is 17.5. The van der Waals surface area contributed by atoms with Crippen molar-refractivity contribution in [2.75, 3.05) is 26.0 Å². The fourth-order valence-electron chi connectivity index (χ4n) is 2.19. The Hall–Kier alpha value is -2.90. The van der Waals surface area contributed by atoms with E-state index in [2.05, 4.69) is 10.4 Å². The van der Waals surface area contributed by atoms with Gasteiger partial charge >= 0.3 is 0 Å². The zero-order valence-electron chi connectivity index (χ0n) is 13.7. The lowest BCUT2D eigenvalue weighted by atomic mass is 10.2. The molecule has 0 bridgehead atoms. The smallest absolute Gasteiger partial charge is 0.247 e. The molecule has 1 unspecified atom stereocenters. The van der Waals surface area contributed by atoms with Gasteiger partial charge in [-0.1, -0.05) is 0 Å². The maximum Gasteiger partial charge on any atom is 0.247 e. The van der Waals surface area contributed by atoms with E-state index < -0.39 is 17.8 Å². The minimum Gasteiger partial charge on any atom is -0.494 e. The molecule has 128 valence electrons. The van der Waals surface area contributed by atoms with Crippen molar-refractivity contribution in [2.24, 2.45) is 0 Å². The molecule has 0 radical (unpaired) electrons. The summed E-state index contributed by atoms with van der Waals surface area (Å²) in [4.78, 5) is 25.7. The number of hydrogen-bond donors (Lipinski definition) is 1. The van der Waals surface area contributed by atoms with Crippen molar-refractivity contribution in [1.82, 2.24) is 14.7 Å². The number of amides is 2. The van der Waals surface area contributed by atoms with Crippen LogP contribution in [-0.2, 0) is 9.59 Å². The molecule has 1 atom stereocenters. The van der Waals surface area contributed by atoms with Crippen molar-refractivity contribution in [3.05, 3.63) is 42.5 Å². The third-order valence-corrected chi connectivity index (χ3v) is 3.47. The number of likely N-dealkylation sites (N-methyl/N-ethyl adjacent to an activating group) is 1. The number of anilines is 1. The lowest BCUT2D eigenvalue weighted by Crippen LogP contribution is -2.38. The summed E-state index contributed by atoms with van der Waals surface area (Å²) in [6.07, 6.45) is 3.26. The maximum atomic E-state index is 13.2. The number of carbonyl (C=O) groups is 2. The highest BCUT2D eigenvalue weighted by molar-refractivity contribution is 5.96. The molecular weight excluding hydrogens is 315 g/mol. The molecule has 1 aromatic heterocycles. The first-order valence-corrected chi connectivity index (χ1v) is 7.30. The summed E-state index contributed by atoms with van der Waals surface area (Å²) in [5.41, 5.74) is 0.338. The van der Waals surface area contributed by atoms with Gasteiger partial charge in [-0.2, -0.15) is 5.10 Å². The molecule has 8 heteroatoms. The summed E-state index contributed by atoms with van der Waals surface area (Å²) in [5, 5.41) is 6.62. The van der Waals surface area contributed by atoms with E-state index in [1.54, 1.807) is 25.4 Å². The number of ether oxygens (including phenoxy) is 1. The van der Waals surface area contributed by atoms with Crippen LogP contribution in [0.15, 0.2) is 36.7 Å². The van der Waals surface area contributed by atoms with Gasteiger partial charge < -0.3 is 15.0 Å². The molecule has 1 aromatic carbocycles. The van der Waals surface area contributed by atoms with E-state index in [9.17, 15) is 14.0 Å². The number of benzene rings is 1. The number of aromatic nitrogens is 2. The number of nitrogens with one attached hydrogen (secondary N) is 1. The van der Waals surface area contributed by atoms with E-state index in [0.717, 1.165) is 0 Å². The molecule has 0 saturated heterocycles. The van der Waals surface area contributed by atoms with Gasteiger partial charge in [0.15, 0.2) is 0 Å². The van der Waals surface area contributed by atoms with E-state index in [1.165, 1.54) is 41.9 Å². The van der Waals surface area contributed by atoms with Crippen LogP contribution in [0.4, 0.5) is 10.1 Å². The Kier molecular flexibility index (Phi) is 5.51. The maximum absolute atomic E-state index is 13.2. The number of rotatable bonds is 6. The summed E-state index contributed by atoms with van der Waals surface area (Å²) in [7, 11) is 2.91. The van der Waals surface area contributed by atoms with Crippen LogP contribution in [0.1, 0.15) is 13.0 Å². The summed E-state index contributed by atoms with van der Waals surface area (Å²) in [5.74, 6) is -0.921. The second-order valence-electron chi connectivity index (χ2n) is 5.25. The standard InChI is InChI=1S/C16H19FN4O3/c1-11(21-8-4-7-18-21)16(23)20(2)10-15(22)19-13-6-5-12(17)9-14(13)24-3/h4-9,11H,10H2,1-3H3,(H,19,22). The Morgan fingerprint density at radius 1 is 1.46 bits per heavy atom. The Bertz CT molecular complexity index is 718. The number of nitrogens with zero attached hydrogens (tertiary/aromatic N) is 3. The van der Waals surface area contributed by atoms with Crippen molar-refractivity contribution in [1.29, 1.82) is 0 Å². The highest BCUT2D eigenvalue weighted by Crippen LogP contribution is 2.24. The molecule has 0 aliphatic carbocycles. The van der Waals surface area contributed by atoms with E-state index in [1.807, 2.05) is 0 Å². The average Bonchev–Trinajstić information content (AvgIpc) is 3.09. The zero-order chi connectivity index (χ0) is 17.7. The van der Waals surface area contributed by atoms with Crippen LogP contribution >= 0.6 is 0 Å². The monoisotopic (exact) mass is 334 g/mol. The quantitative estimate of drug-likeness (QED) is 0.872. The summed E-state index contributed by atoms with van der Waals surface area (Å²) < 4.78 is 19.7. The Morgan fingerprint density at radius 3 is 2.83 bits per heavy atom. The second kappa shape index (κ2) is 7.58. The molecule has 1 N–H and O–H groups in total. The second-order valence-corrected chi connectivity index (χ2v) is 5.25. The van der Waals surface area contributed by atoms with Crippen LogP contribution in [-0.4, -0.2) is 47.2 Å². The molecule has 7 nitrogen and oxygen atoms in total. The molecule has 0 spiro atoms. The summed E-state index contributed by atoms with van der Waals surface area (Å²) in [6, 6.07) is 4.99. The molecule has 1 heterocycles. The van der Waals surface area contributed by atoms with Crippen LogP contribution < -0.4 is 10.1 Å². The number of methoxy groups -OCH3 is 1. The number of halogens is 1. The molecule has 24 heavy (non-hydrogen) atoms. The summed E-state index contributed by atoms with van der Waals surface area (Å²) in [6.45, 7) is 1.55. The minimum absolute atomic E-state index is 0.148. The predicted octanol–water partition coefficient (Wildman–Crippen LogP) is 1.69. The topological polar surface area (TPSA) is 76.5 Å². The molecule has 0 fully saturated rings. The van der Waals surface area contributed by atoms with Crippen molar-refractivity contribution in [3.8, 4) is 5.75 Å². The molecule has 0 aliphatic heterocycles. The largest absolute Gasteiger partial charge is 0.494 e. The van der Waals surface area contributed by atoms with Gasteiger partial charge in [0.25, 0.3) is 0 Å². The molecular formula is C16H19FN4O3. The lowest BCUT2D eigenvalue weighted by molar-refractivity contribution is -0.136. The van der Waals surface area contributed by atoms with Crippen LogP contribution in [0.3, 0.4) is 0 Å². The lowest BCUT2D eigenvalue weighted by Gasteiger charge is -2.21. The first-order valence-electron chi connectivity index (χ1n) is 7.30. The van der Waals surface area contributed by atoms with Gasteiger partial charge in [0, 0.05) is 25.5 Å². The van der Waals surface area contributed by atoms with Gasteiger partial charge in [-0.25, -0.2) is 4.39 Å². The normalized spacial score (nSPS) is 11.7. The molecule has 2 amide bonds. The van der Waals surface area contributed by atoms with Gasteiger partial charge in [0.1, 0.15) is 17.6 Å². The van der Waals surface area contributed by atoms with Gasteiger partial charge in [0.2, 0.25) is 11.8 Å². The first-order chi connectivity index (χ1) is 11.4. The van der Waals surface area contributed by atoms with E-state index in [4.69, 9.17) is 4.74 Å². The molecule has 0 saturated carbocycles. The van der Waals surface area contributed by atoms with Crippen LogP contribution in [0, 0.1) is 5.82 Å². The van der Waals surface area contributed by atoms with Gasteiger partial charge in [0.05, 0.1) is 19.3 Å². The number of hydrogen-bond acceptors (Lipinski definition) is 4. The Morgan fingerprint density at radius 2 is 2.21 bits per heavy atom. The number of carbonyl (C=O) groups excluding carboxylic acids is 2. The summed E-state index contributed by atoms with van der Waals surface area (Å²) >= 11 is 0. The SMILES string of the molecule is COc1cc(F)ccc1NC(=O)CN(C)C(=O)C(C)n1cccn1. The minimum atomic E-state index is -0.516. The highest BCUT2D eigenvalue weighted by Gasteiger charge is 2.21. The van der Waals surface area contributed by atoms with Crippen molar-refractivity contribution in [2.45, 2.75) is 13.0 Å². The van der Waals surface area contributed by atoms with Gasteiger partial charge in [-0.3, -0.25) is 14.3 Å². The molecule has 0 aliphatic rings. The van der Waals surface area contributed by atoms with E-state index in [-0.39, 0.29) is 18.2 Å². The Balaban J connectivity index is 1.98. The van der Waals surface area contributed by atoms with Crippen molar-refractivity contribution in [3.63, 3.8) is 0 Å². The highest BCUT2D eigenvalue weighted by atomic mass is 19.1. The van der Waals surface area contributed by atoms with Gasteiger partial charge in [-0.05, 0) is 25.1 Å². The third kappa shape index (κ3) is 4.09. The van der Waals surface area contributed by atoms with Crippen molar-refractivity contribution < 1.29 is 18.7 Å². The molecule has 2 rings (SSSR count). The van der Waals surface area contributed by atoms with Crippen LogP contribution in [0.5, 0.6) is 5.75 Å². The fraction of sp³-hybridized carbons (Fsp3) is 0.312. The van der Waals surface area contributed by atoms with Crippen LogP contribution in [0.25, 0.3) is 0 Å². The van der Waals surface area contributed by atoms with E-state index in [0.29, 0.717) is 5.69 Å². The Labute approximate surface area is 139 Å². The van der Waals surface area contributed by atoms with Crippen molar-refractivity contribution >= 4 is 17.5 Å². The van der Waals surface area contributed by atoms with Crippen LogP contribution in [0.2, 0.25) is 0 Å². The van der Waals surface area contributed by atoms with E-state index >= 15 is 0 Å². The average molecular weight is 334 g/mol. The molecule has 2 aromatic rings. The zero-order valence-corrected chi connectivity index (χ0v) is 13.7. The van der Waals surface area contributed by atoms with Gasteiger partial charge in [-0.15, -0.1) is 0 Å². The fourth-order valence-corrected chi connectivity index (χ4v) is 2.19. The third-order valence-electron chi connectivity index (χ3n) is 3.47. The predicted molar refractivity (Wildman–Crippen MR) is 86.2 cm³/mol.